The standard InChI is InChI=1S/C15H24N4O/c1-12-11-13(16)3-4-14(12)17-15(20)5-6-19-9-7-18(2)8-10-19/h3-4,11H,5-10,16H2,1-2H3,(H,17,20). The highest BCUT2D eigenvalue weighted by atomic mass is 16.1. The lowest BCUT2D eigenvalue weighted by atomic mass is 10.1. The molecule has 5 nitrogen and oxygen atoms in total. The Labute approximate surface area is 120 Å². The molecule has 0 unspecified atom stereocenters. The number of nitrogens with two attached hydrogens (primary N) is 1. The van der Waals surface area contributed by atoms with Crippen molar-refractivity contribution >= 4 is 17.3 Å². The van der Waals surface area contributed by atoms with Crippen LogP contribution in [-0.4, -0.2) is 55.5 Å². The van der Waals surface area contributed by atoms with Gasteiger partial charge in [-0.15, -0.1) is 0 Å². The Morgan fingerprint density at radius 3 is 2.65 bits per heavy atom. The van der Waals surface area contributed by atoms with Crippen LogP contribution in [0.25, 0.3) is 0 Å². The Kier molecular flexibility index (Phi) is 4.98. The predicted molar refractivity (Wildman–Crippen MR) is 82.8 cm³/mol. The maximum absolute atomic E-state index is 12.0. The molecule has 0 bridgehead atoms. The van der Waals surface area contributed by atoms with Crippen LogP contribution in [0.1, 0.15) is 12.0 Å². The van der Waals surface area contributed by atoms with Gasteiger partial charge in [0.25, 0.3) is 0 Å². The zero-order chi connectivity index (χ0) is 14.5. The van der Waals surface area contributed by atoms with Crippen molar-refractivity contribution in [2.24, 2.45) is 0 Å². The molecular weight excluding hydrogens is 252 g/mol. The van der Waals surface area contributed by atoms with Crippen molar-refractivity contribution in [1.82, 2.24) is 9.80 Å². The minimum atomic E-state index is 0.0665. The predicted octanol–water partition coefficient (Wildman–Crippen LogP) is 1.15. The van der Waals surface area contributed by atoms with E-state index in [-0.39, 0.29) is 5.91 Å². The van der Waals surface area contributed by atoms with Crippen LogP contribution in [0, 0.1) is 6.92 Å². The quantitative estimate of drug-likeness (QED) is 0.810. The highest BCUT2D eigenvalue weighted by Gasteiger charge is 2.14. The molecule has 5 heteroatoms. The molecule has 0 atom stereocenters. The van der Waals surface area contributed by atoms with Crippen LogP contribution in [0.3, 0.4) is 0 Å². The van der Waals surface area contributed by atoms with Crippen LogP contribution in [0.4, 0.5) is 11.4 Å². The van der Waals surface area contributed by atoms with Gasteiger partial charge in [0, 0.05) is 50.5 Å². The minimum Gasteiger partial charge on any atom is -0.399 e. The molecule has 0 spiro atoms. The van der Waals surface area contributed by atoms with E-state index in [4.69, 9.17) is 5.73 Å². The molecule has 0 saturated carbocycles. The monoisotopic (exact) mass is 276 g/mol. The zero-order valence-corrected chi connectivity index (χ0v) is 12.4. The summed E-state index contributed by atoms with van der Waals surface area (Å²) in [5, 5.41) is 2.95. The van der Waals surface area contributed by atoms with Gasteiger partial charge in [-0.25, -0.2) is 0 Å². The molecule has 2 rings (SSSR count). The summed E-state index contributed by atoms with van der Waals surface area (Å²) in [5.74, 6) is 0.0665. The summed E-state index contributed by atoms with van der Waals surface area (Å²) in [5.41, 5.74) is 8.27. The Morgan fingerprint density at radius 2 is 2.00 bits per heavy atom. The van der Waals surface area contributed by atoms with Gasteiger partial charge in [-0.3, -0.25) is 4.79 Å². The summed E-state index contributed by atoms with van der Waals surface area (Å²) < 4.78 is 0. The number of nitrogens with one attached hydrogen (secondary N) is 1. The van der Waals surface area contributed by atoms with Gasteiger partial charge in [0.2, 0.25) is 5.91 Å². The first-order valence-corrected chi connectivity index (χ1v) is 7.11. The van der Waals surface area contributed by atoms with Crippen molar-refractivity contribution in [1.29, 1.82) is 0 Å². The number of hydrogen-bond acceptors (Lipinski definition) is 4. The summed E-state index contributed by atoms with van der Waals surface area (Å²) in [6.45, 7) is 7.03. The van der Waals surface area contributed by atoms with E-state index in [1.807, 2.05) is 25.1 Å². The molecular formula is C15H24N4O. The van der Waals surface area contributed by atoms with Crippen LogP contribution < -0.4 is 11.1 Å². The fourth-order valence-electron chi connectivity index (χ4n) is 2.37. The topological polar surface area (TPSA) is 61.6 Å². The van der Waals surface area contributed by atoms with E-state index in [1.165, 1.54) is 0 Å². The van der Waals surface area contributed by atoms with E-state index in [1.54, 1.807) is 0 Å². The first kappa shape index (κ1) is 14.8. The average molecular weight is 276 g/mol. The third-order valence-corrected chi connectivity index (χ3v) is 3.78. The second-order valence-electron chi connectivity index (χ2n) is 5.52. The normalized spacial score (nSPS) is 17.1. The summed E-state index contributed by atoms with van der Waals surface area (Å²) in [7, 11) is 2.13. The van der Waals surface area contributed by atoms with Crippen molar-refractivity contribution in [3.05, 3.63) is 23.8 Å². The SMILES string of the molecule is Cc1cc(N)ccc1NC(=O)CCN1CCN(C)CC1. The fraction of sp³-hybridized carbons (Fsp3) is 0.533. The number of carbonyl (C=O) groups excluding carboxylic acids is 1. The van der Waals surface area contributed by atoms with Crippen LogP contribution >= 0.6 is 0 Å². The second-order valence-corrected chi connectivity index (χ2v) is 5.52. The Balaban J connectivity index is 1.78. The Bertz CT molecular complexity index is 467. The molecule has 3 N–H and O–H groups in total. The van der Waals surface area contributed by atoms with Crippen molar-refractivity contribution in [3.63, 3.8) is 0 Å². The molecule has 1 heterocycles. The number of carbonyl (C=O) groups is 1. The molecule has 1 aliphatic rings. The van der Waals surface area contributed by atoms with E-state index in [2.05, 4.69) is 22.2 Å². The van der Waals surface area contributed by atoms with Gasteiger partial charge in [-0.2, -0.15) is 0 Å². The first-order valence-electron chi connectivity index (χ1n) is 7.11. The number of rotatable bonds is 4. The molecule has 1 aromatic carbocycles. The minimum absolute atomic E-state index is 0.0665. The van der Waals surface area contributed by atoms with Crippen molar-refractivity contribution in [2.45, 2.75) is 13.3 Å². The third kappa shape index (κ3) is 4.21. The Morgan fingerprint density at radius 1 is 1.30 bits per heavy atom. The number of benzene rings is 1. The number of aryl methyl sites for hydroxylation is 1. The zero-order valence-electron chi connectivity index (χ0n) is 12.4. The van der Waals surface area contributed by atoms with Crippen molar-refractivity contribution < 1.29 is 4.79 Å². The van der Waals surface area contributed by atoms with Gasteiger partial charge < -0.3 is 20.9 Å². The van der Waals surface area contributed by atoms with Gasteiger partial charge in [0.15, 0.2) is 0 Å². The number of anilines is 2. The lowest BCUT2D eigenvalue weighted by molar-refractivity contribution is -0.116. The highest BCUT2D eigenvalue weighted by Crippen LogP contribution is 2.17. The van der Waals surface area contributed by atoms with Gasteiger partial charge in [-0.1, -0.05) is 0 Å². The summed E-state index contributed by atoms with van der Waals surface area (Å²) >= 11 is 0. The Hall–Kier alpha value is -1.59. The van der Waals surface area contributed by atoms with Crippen molar-refractivity contribution in [2.75, 3.05) is 50.8 Å². The molecule has 20 heavy (non-hydrogen) atoms. The van der Waals surface area contributed by atoms with Gasteiger partial charge in [0.05, 0.1) is 0 Å². The largest absolute Gasteiger partial charge is 0.399 e. The highest BCUT2D eigenvalue weighted by molar-refractivity contribution is 5.91. The van der Waals surface area contributed by atoms with Crippen LogP contribution in [0.5, 0.6) is 0 Å². The fourth-order valence-corrected chi connectivity index (χ4v) is 2.37. The molecule has 0 aromatic heterocycles. The first-order chi connectivity index (χ1) is 9.54. The van der Waals surface area contributed by atoms with E-state index in [9.17, 15) is 4.79 Å². The van der Waals surface area contributed by atoms with Crippen LogP contribution in [-0.2, 0) is 4.79 Å². The molecule has 1 aliphatic heterocycles. The van der Waals surface area contributed by atoms with Gasteiger partial charge >= 0.3 is 0 Å². The number of nitrogen functional groups attached to an aromatic ring is 1. The molecule has 1 saturated heterocycles. The molecule has 1 amide bonds. The maximum Gasteiger partial charge on any atom is 0.225 e. The molecule has 1 aromatic rings. The number of amides is 1. The summed E-state index contributed by atoms with van der Waals surface area (Å²) in [6.07, 6.45) is 0.535. The second kappa shape index (κ2) is 6.72. The molecule has 0 aliphatic carbocycles. The third-order valence-electron chi connectivity index (χ3n) is 3.78. The lowest BCUT2D eigenvalue weighted by Crippen LogP contribution is -2.45. The van der Waals surface area contributed by atoms with E-state index < -0.39 is 0 Å². The number of hydrogen-bond donors (Lipinski definition) is 2. The summed E-state index contributed by atoms with van der Waals surface area (Å²) in [4.78, 5) is 16.6. The average Bonchev–Trinajstić information content (AvgIpc) is 2.41. The molecule has 110 valence electrons. The lowest BCUT2D eigenvalue weighted by Gasteiger charge is -2.32. The maximum atomic E-state index is 12.0. The van der Waals surface area contributed by atoms with E-state index >= 15 is 0 Å². The number of piperazine rings is 1. The summed E-state index contributed by atoms with van der Waals surface area (Å²) in [6, 6.07) is 5.54. The van der Waals surface area contributed by atoms with Gasteiger partial charge in [-0.05, 0) is 37.7 Å². The number of likely N-dealkylation sites (N-methyl/N-ethyl adjacent to an activating group) is 1. The van der Waals surface area contributed by atoms with Crippen LogP contribution in [0.2, 0.25) is 0 Å². The van der Waals surface area contributed by atoms with E-state index in [0.29, 0.717) is 6.42 Å². The smallest absolute Gasteiger partial charge is 0.225 e. The molecule has 0 radical (unpaired) electrons. The van der Waals surface area contributed by atoms with E-state index in [0.717, 1.165) is 49.7 Å². The molecule has 1 fully saturated rings. The number of nitrogens with zero attached hydrogens (tertiary/aromatic N) is 2. The van der Waals surface area contributed by atoms with Crippen molar-refractivity contribution in [3.8, 4) is 0 Å². The van der Waals surface area contributed by atoms with Crippen LogP contribution in [0.15, 0.2) is 18.2 Å². The van der Waals surface area contributed by atoms with Gasteiger partial charge in [0.1, 0.15) is 0 Å².